The highest BCUT2D eigenvalue weighted by Gasteiger charge is 2.10. The van der Waals surface area contributed by atoms with Crippen molar-refractivity contribution in [2.75, 3.05) is 0 Å². The van der Waals surface area contributed by atoms with Crippen molar-refractivity contribution in [2.24, 2.45) is 0 Å². The summed E-state index contributed by atoms with van der Waals surface area (Å²) in [5.41, 5.74) is 2.37. The summed E-state index contributed by atoms with van der Waals surface area (Å²) >= 11 is 0. The Balaban J connectivity index is 2.48. The number of carbonyl (C=O) groups excluding carboxylic acids is 1. The third-order valence-electron chi connectivity index (χ3n) is 2.35. The van der Waals surface area contributed by atoms with E-state index in [4.69, 9.17) is 0 Å². The molecule has 2 aromatic rings. The number of carbonyl (C=O) groups is 1. The third kappa shape index (κ3) is 1.86. The molecule has 0 aliphatic heterocycles. The van der Waals surface area contributed by atoms with E-state index in [0.29, 0.717) is 5.69 Å². The molecule has 2 rings (SSSR count). The van der Waals surface area contributed by atoms with Crippen molar-refractivity contribution in [3.05, 3.63) is 36.3 Å². The number of aldehydes is 1. The number of nitrogens with zero attached hydrogens (tertiary/aromatic N) is 3. The van der Waals surface area contributed by atoms with E-state index in [0.717, 1.165) is 17.5 Å². The van der Waals surface area contributed by atoms with Gasteiger partial charge in [0.2, 0.25) is 0 Å². The van der Waals surface area contributed by atoms with Crippen molar-refractivity contribution in [2.45, 2.75) is 19.9 Å². The second-order valence-electron chi connectivity index (χ2n) is 3.85. The quantitative estimate of drug-likeness (QED) is 0.738. The molecule has 4 heteroatoms. The van der Waals surface area contributed by atoms with Crippen LogP contribution in [-0.2, 0) is 0 Å². The fraction of sp³-hybridized carbons (Fsp3) is 0.250. The van der Waals surface area contributed by atoms with Crippen LogP contribution in [0.5, 0.6) is 0 Å². The molecule has 82 valence electrons. The van der Waals surface area contributed by atoms with Gasteiger partial charge in [0.05, 0.1) is 5.69 Å². The van der Waals surface area contributed by atoms with Gasteiger partial charge in [-0.15, -0.1) is 0 Å². The first-order chi connectivity index (χ1) is 7.72. The molecule has 0 atom stereocenters. The monoisotopic (exact) mass is 215 g/mol. The minimum Gasteiger partial charge on any atom is -0.296 e. The van der Waals surface area contributed by atoms with E-state index in [1.54, 1.807) is 23.1 Å². The van der Waals surface area contributed by atoms with Gasteiger partial charge in [0.25, 0.3) is 0 Å². The second-order valence-corrected chi connectivity index (χ2v) is 3.85. The smallest absolute Gasteiger partial charge is 0.168 e. The molecule has 0 saturated heterocycles. The molecule has 0 radical (unpaired) electrons. The van der Waals surface area contributed by atoms with Crippen LogP contribution in [0.4, 0.5) is 0 Å². The first-order valence-corrected chi connectivity index (χ1v) is 5.17. The minimum absolute atomic E-state index is 0.177. The van der Waals surface area contributed by atoms with E-state index >= 15 is 0 Å². The van der Waals surface area contributed by atoms with Crippen LogP contribution < -0.4 is 0 Å². The molecule has 0 fully saturated rings. The van der Waals surface area contributed by atoms with Crippen LogP contribution in [0.1, 0.15) is 30.4 Å². The number of hydrogen-bond acceptors (Lipinski definition) is 3. The Kier molecular flexibility index (Phi) is 2.81. The van der Waals surface area contributed by atoms with Crippen LogP contribution in [0, 0.1) is 0 Å². The van der Waals surface area contributed by atoms with E-state index < -0.39 is 0 Å². The normalized spacial score (nSPS) is 10.7. The van der Waals surface area contributed by atoms with E-state index in [1.165, 1.54) is 0 Å². The van der Waals surface area contributed by atoms with E-state index in [9.17, 15) is 4.79 Å². The van der Waals surface area contributed by atoms with E-state index in [-0.39, 0.29) is 6.04 Å². The summed E-state index contributed by atoms with van der Waals surface area (Å²) in [6, 6.07) is 5.72. The maximum Gasteiger partial charge on any atom is 0.168 e. The number of aromatic nitrogens is 3. The predicted molar refractivity (Wildman–Crippen MR) is 61.2 cm³/mol. The lowest BCUT2D eigenvalue weighted by Gasteiger charge is -2.06. The number of rotatable bonds is 3. The molecule has 0 aromatic carbocycles. The molecule has 16 heavy (non-hydrogen) atoms. The van der Waals surface area contributed by atoms with Crippen LogP contribution in [0.25, 0.3) is 11.3 Å². The molecular formula is C12H13N3O. The van der Waals surface area contributed by atoms with Crippen molar-refractivity contribution in [3.63, 3.8) is 0 Å². The summed E-state index contributed by atoms with van der Waals surface area (Å²) in [7, 11) is 0. The molecule has 0 aliphatic rings. The van der Waals surface area contributed by atoms with Crippen molar-refractivity contribution in [1.82, 2.24) is 14.8 Å². The van der Waals surface area contributed by atoms with Crippen LogP contribution in [0.2, 0.25) is 0 Å². The summed E-state index contributed by atoms with van der Waals surface area (Å²) in [6.07, 6.45) is 4.26. The average Bonchev–Trinajstić information content (AvgIpc) is 2.74. The van der Waals surface area contributed by atoms with Gasteiger partial charge in [0, 0.05) is 24.0 Å². The van der Waals surface area contributed by atoms with E-state index in [1.807, 2.05) is 26.0 Å². The van der Waals surface area contributed by atoms with Crippen molar-refractivity contribution in [1.29, 1.82) is 0 Å². The first-order valence-electron chi connectivity index (χ1n) is 5.17. The molecule has 0 spiro atoms. The SMILES string of the molecule is CC(C)n1nc(-c2ccncc2)cc1C=O. The molecule has 0 amide bonds. The minimum atomic E-state index is 0.177. The molecule has 0 saturated carbocycles. The highest BCUT2D eigenvalue weighted by atomic mass is 16.1. The van der Waals surface area contributed by atoms with Crippen LogP contribution in [-0.4, -0.2) is 21.1 Å². The molecular weight excluding hydrogens is 202 g/mol. The lowest BCUT2D eigenvalue weighted by Crippen LogP contribution is -2.06. The van der Waals surface area contributed by atoms with Crippen molar-refractivity contribution >= 4 is 6.29 Å². The highest BCUT2D eigenvalue weighted by Crippen LogP contribution is 2.19. The number of hydrogen-bond donors (Lipinski definition) is 0. The standard InChI is InChI=1S/C12H13N3O/c1-9(2)15-11(8-16)7-12(14-15)10-3-5-13-6-4-10/h3-9H,1-2H3. The van der Waals surface area contributed by atoms with Gasteiger partial charge in [-0.2, -0.15) is 5.10 Å². The van der Waals surface area contributed by atoms with Gasteiger partial charge < -0.3 is 0 Å². The zero-order valence-electron chi connectivity index (χ0n) is 9.29. The third-order valence-corrected chi connectivity index (χ3v) is 2.35. The van der Waals surface area contributed by atoms with E-state index in [2.05, 4.69) is 10.1 Å². The van der Waals surface area contributed by atoms with Crippen molar-refractivity contribution < 1.29 is 4.79 Å². The van der Waals surface area contributed by atoms with Gasteiger partial charge in [-0.1, -0.05) is 0 Å². The fourth-order valence-corrected chi connectivity index (χ4v) is 1.57. The zero-order chi connectivity index (χ0) is 11.5. The highest BCUT2D eigenvalue weighted by molar-refractivity contribution is 5.75. The second kappa shape index (κ2) is 4.26. The molecule has 0 N–H and O–H groups in total. The summed E-state index contributed by atoms with van der Waals surface area (Å²) in [6.45, 7) is 3.99. The first kappa shape index (κ1) is 10.5. The van der Waals surface area contributed by atoms with Crippen LogP contribution in [0.3, 0.4) is 0 Å². The van der Waals surface area contributed by atoms with Gasteiger partial charge in [-0.05, 0) is 32.0 Å². The maximum absolute atomic E-state index is 10.9. The fourth-order valence-electron chi connectivity index (χ4n) is 1.57. The van der Waals surface area contributed by atoms with Crippen LogP contribution >= 0.6 is 0 Å². The Labute approximate surface area is 93.9 Å². The predicted octanol–water partition coefficient (Wildman–Crippen LogP) is 2.34. The Hall–Kier alpha value is -1.97. The molecule has 0 aliphatic carbocycles. The Morgan fingerprint density at radius 1 is 1.31 bits per heavy atom. The number of pyridine rings is 1. The van der Waals surface area contributed by atoms with Gasteiger partial charge in [0.1, 0.15) is 5.69 Å². The largest absolute Gasteiger partial charge is 0.296 e. The molecule has 0 unspecified atom stereocenters. The summed E-state index contributed by atoms with van der Waals surface area (Å²) in [5, 5.41) is 4.41. The Morgan fingerprint density at radius 2 is 2.00 bits per heavy atom. The van der Waals surface area contributed by atoms with Crippen molar-refractivity contribution in [3.8, 4) is 11.3 Å². The Morgan fingerprint density at radius 3 is 2.50 bits per heavy atom. The molecule has 0 bridgehead atoms. The van der Waals surface area contributed by atoms with Gasteiger partial charge >= 0.3 is 0 Å². The van der Waals surface area contributed by atoms with Gasteiger partial charge in [-0.25, -0.2) is 0 Å². The lowest BCUT2D eigenvalue weighted by molar-refractivity contribution is 0.111. The molecule has 2 heterocycles. The zero-order valence-corrected chi connectivity index (χ0v) is 9.29. The average molecular weight is 215 g/mol. The molecule has 2 aromatic heterocycles. The van der Waals surface area contributed by atoms with Gasteiger partial charge in [-0.3, -0.25) is 14.5 Å². The summed E-state index contributed by atoms with van der Waals surface area (Å²) in [4.78, 5) is 14.9. The summed E-state index contributed by atoms with van der Waals surface area (Å²) in [5.74, 6) is 0. The Bertz CT molecular complexity index is 488. The van der Waals surface area contributed by atoms with Crippen LogP contribution in [0.15, 0.2) is 30.6 Å². The summed E-state index contributed by atoms with van der Waals surface area (Å²) < 4.78 is 1.72. The maximum atomic E-state index is 10.9. The lowest BCUT2D eigenvalue weighted by atomic mass is 10.2. The molecule has 4 nitrogen and oxygen atoms in total. The topological polar surface area (TPSA) is 47.8 Å². The van der Waals surface area contributed by atoms with Gasteiger partial charge in [0.15, 0.2) is 6.29 Å².